The molecule has 2 heterocycles. The topological polar surface area (TPSA) is 32.8 Å². The molecule has 0 aliphatic carbocycles. The summed E-state index contributed by atoms with van der Waals surface area (Å²) in [4.78, 5) is 16.1. The highest BCUT2D eigenvalue weighted by molar-refractivity contribution is 5.95. The van der Waals surface area contributed by atoms with Gasteiger partial charge in [-0.15, -0.1) is 0 Å². The number of piperidine rings is 1. The number of rotatable bonds is 3. The van der Waals surface area contributed by atoms with Crippen LogP contribution in [-0.4, -0.2) is 42.6 Å². The molecular formula is C21H21F3N2O2. The lowest BCUT2D eigenvalue weighted by molar-refractivity contribution is -0.144. The minimum Gasteiger partial charge on any atom is -0.363 e. The predicted molar refractivity (Wildman–Crippen MR) is 98.3 cm³/mol. The zero-order chi connectivity index (χ0) is 19.7. The molecule has 2 aromatic carbocycles. The Morgan fingerprint density at radius 3 is 2.50 bits per heavy atom. The highest BCUT2D eigenvalue weighted by Gasteiger charge is 2.42. The molecule has 0 N–H and O–H groups in total. The number of morpholine rings is 1. The fourth-order valence-electron chi connectivity index (χ4n) is 3.91. The van der Waals surface area contributed by atoms with Crippen molar-refractivity contribution in [3.05, 3.63) is 65.5 Å². The van der Waals surface area contributed by atoms with Crippen molar-refractivity contribution in [1.82, 2.24) is 4.90 Å². The highest BCUT2D eigenvalue weighted by Crippen LogP contribution is 2.33. The molecule has 0 bridgehead atoms. The summed E-state index contributed by atoms with van der Waals surface area (Å²) < 4.78 is 46.0. The summed E-state index contributed by atoms with van der Waals surface area (Å²) in [5, 5.41) is 0. The molecule has 1 spiro atoms. The summed E-state index contributed by atoms with van der Waals surface area (Å²) in [7, 11) is 0. The molecule has 0 radical (unpaired) electrons. The monoisotopic (exact) mass is 390 g/mol. The molecule has 2 aromatic rings. The van der Waals surface area contributed by atoms with Crippen LogP contribution in [0.25, 0.3) is 0 Å². The molecule has 148 valence electrons. The first kappa shape index (κ1) is 19.0. The Labute approximate surface area is 161 Å². The van der Waals surface area contributed by atoms with Crippen LogP contribution in [0.4, 0.5) is 18.9 Å². The van der Waals surface area contributed by atoms with Gasteiger partial charge in [-0.1, -0.05) is 12.1 Å². The standard InChI is InChI=1S/C21H21F3N2O2/c22-16-2-1-3-17(11-16)26-14-21(28-13-20(26)27)6-8-25(9-7-21)12-15-4-5-18(23)19(24)10-15/h1-5,10-11H,6-9,12-14H2. The van der Waals surface area contributed by atoms with Crippen molar-refractivity contribution in [2.45, 2.75) is 25.0 Å². The summed E-state index contributed by atoms with van der Waals surface area (Å²) in [6.07, 6.45) is 1.41. The van der Waals surface area contributed by atoms with Crippen molar-refractivity contribution in [2.24, 2.45) is 0 Å². The number of hydrogen-bond donors (Lipinski definition) is 0. The van der Waals surface area contributed by atoms with Gasteiger partial charge in [0.05, 0.1) is 12.1 Å². The molecule has 2 aliphatic rings. The smallest absolute Gasteiger partial charge is 0.253 e. The largest absolute Gasteiger partial charge is 0.363 e. The van der Waals surface area contributed by atoms with Crippen molar-refractivity contribution in [3.8, 4) is 0 Å². The fourth-order valence-corrected chi connectivity index (χ4v) is 3.91. The van der Waals surface area contributed by atoms with E-state index in [9.17, 15) is 18.0 Å². The first-order valence-electron chi connectivity index (χ1n) is 9.30. The van der Waals surface area contributed by atoms with Gasteiger partial charge in [-0.25, -0.2) is 13.2 Å². The van der Waals surface area contributed by atoms with Gasteiger partial charge in [0.15, 0.2) is 11.6 Å². The number of anilines is 1. The number of amides is 1. The molecule has 2 fully saturated rings. The van der Waals surface area contributed by atoms with E-state index in [1.54, 1.807) is 23.1 Å². The van der Waals surface area contributed by atoms with Crippen LogP contribution in [0.1, 0.15) is 18.4 Å². The summed E-state index contributed by atoms with van der Waals surface area (Å²) in [6.45, 7) is 2.31. The third-order valence-electron chi connectivity index (χ3n) is 5.53. The molecule has 0 aromatic heterocycles. The SMILES string of the molecule is O=C1COC2(CCN(Cc3ccc(F)c(F)c3)CC2)CN1c1cccc(F)c1. The Morgan fingerprint density at radius 1 is 1.00 bits per heavy atom. The second kappa shape index (κ2) is 7.56. The van der Waals surface area contributed by atoms with E-state index in [-0.39, 0.29) is 18.3 Å². The first-order chi connectivity index (χ1) is 13.4. The van der Waals surface area contributed by atoms with Gasteiger partial charge in [0.25, 0.3) is 5.91 Å². The van der Waals surface area contributed by atoms with E-state index < -0.39 is 17.2 Å². The zero-order valence-electron chi connectivity index (χ0n) is 15.3. The Morgan fingerprint density at radius 2 is 1.79 bits per heavy atom. The fraction of sp³-hybridized carbons (Fsp3) is 0.381. The molecule has 4 rings (SSSR count). The maximum atomic E-state index is 13.6. The molecule has 1 amide bonds. The van der Waals surface area contributed by atoms with Crippen molar-refractivity contribution < 1.29 is 22.7 Å². The van der Waals surface area contributed by atoms with Crippen LogP contribution >= 0.6 is 0 Å². The number of ether oxygens (including phenoxy) is 1. The second-order valence-electron chi connectivity index (χ2n) is 7.46. The highest BCUT2D eigenvalue weighted by atomic mass is 19.2. The number of benzene rings is 2. The number of nitrogens with zero attached hydrogens (tertiary/aromatic N) is 2. The molecule has 0 atom stereocenters. The van der Waals surface area contributed by atoms with Crippen LogP contribution in [0.2, 0.25) is 0 Å². The predicted octanol–water partition coefficient (Wildman–Crippen LogP) is 3.50. The van der Waals surface area contributed by atoms with Gasteiger partial charge in [-0.05, 0) is 48.7 Å². The Bertz CT molecular complexity index is 882. The Balaban J connectivity index is 1.41. The second-order valence-corrected chi connectivity index (χ2v) is 7.46. The molecule has 0 unspecified atom stereocenters. The van der Waals surface area contributed by atoms with Crippen LogP contribution < -0.4 is 4.90 Å². The maximum absolute atomic E-state index is 13.6. The summed E-state index contributed by atoms with van der Waals surface area (Å²) in [5.74, 6) is -2.25. The van der Waals surface area contributed by atoms with Gasteiger partial charge < -0.3 is 9.64 Å². The number of hydrogen-bond acceptors (Lipinski definition) is 3. The molecular weight excluding hydrogens is 369 g/mol. The lowest BCUT2D eigenvalue weighted by Gasteiger charge is -2.47. The average molecular weight is 390 g/mol. The van der Waals surface area contributed by atoms with Crippen LogP contribution in [0.15, 0.2) is 42.5 Å². The van der Waals surface area contributed by atoms with E-state index in [1.165, 1.54) is 18.2 Å². The van der Waals surface area contributed by atoms with Crippen molar-refractivity contribution in [3.63, 3.8) is 0 Å². The minimum atomic E-state index is -0.848. The van der Waals surface area contributed by atoms with Crippen LogP contribution in [0.3, 0.4) is 0 Å². The third kappa shape index (κ3) is 3.91. The van der Waals surface area contributed by atoms with Gasteiger partial charge >= 0.3 is 0 Å². The quantitative estimate of drug-likeness (QED) is 0.804. The maximum Gasteiger partial charge on any atom is 0.253 e. The summed E-state index contributed by atoms with van der Waals surface area (Å²) in [5.41, 5.74) is 0.790. The van der Waals surface area contributed by atoms with E-state index in [0.717, 1.165) is 11.6 Å². The number of likely N-dealkylation sites (tertiary alicyclic amines) is 1. The zero-order valence-corrected chi connectivity index (χ0v) is 15.3. The van der Waals surface area contributed by atoms with Crippen molar-refractivity contribution >= 4 is 11.6 Å². The van der Waals surface area contributed by atoms with Gasteiger partial charge in [-0.2, -0.15) is 0 Å². The van der Waals surface area contributed by atoms with Gasteiger partial charge in [0, 0.05) is 25.3 Å². The van der Waals surface area contributed by atoms with E-state index in [2.05, 4.69) is 4.90 Å². The molecule has 0 saturated carbocycles. The Hall–Kier alpha value is -2.38. The third-order valence-corrected chi connectivity index (χ3v) is 5.53. The average Bonchev–Trinajstić information content (AvgIpc) is 2.69. The van der Waals surface area contributed by atoms with E-state index in [1.807, 2.05) is 0 Å². The van der Waals surface area contributed by atoms with E-state index >= 15 is 0 Å². The van der Waals surface area contributed by atoms with Crippen LogP contribution in [0, 0.1) is 17.5 Å². The number of carbonyl (C=O) groups excluding carboxylic acids is 1. The molecule has 28 heavy (non-hydrogen) atoms. The van der Waals surface area contributed by atoms with Gasteiger partial charge in [0.2, 0.25) is 0 Å². The molecule has 2 aliphatic heterocycles. The normalized spacial score (nSPS) is 20.0. The van der Waals surface area contributed by atoms with Crippen molar-refractivity contribution in [2.75, 3.05) is 31.1 Å². The number of halogens is 3. The van der Waals surface area contributed by atoms with Crippen LogP contribution in [-0.2, 0) is 16.1 Å². The van der Waals surface area contributed by atoms with Crippen LogP contribution in [0.5, 0.6) is 0 Å². The molecule has 4 nitrogen and oxygen atoms in total. The van der Waals surface area contributed by atoms with E-state index in [0.29, 0.717) is 44.7 Å². The lowest BCUT2D eigenvalue weighted by atomic mass is 9.88. The lowest BCUT2D eigenvalue weighted by Crippen LogP contribution is -2.58. The molecule has 2 saturated heterocycles. The van der Waals surface area contributed by atoms with E-state index in [4.69, 9.17) is 4.74 Å². The molecule has 7 heteroatoms. The summed E-state index contributed by atoms with van der Waals surface area (Å²) in [6, 6.07) is 9.97. The first-order valence-corrected chi connectivity index (χ1v) is 9.30. The van der Waals surface area contributed by atoms with Gasteiger partial charge in [0.1, 0.15) is 12.4 Å². The summed E-state index contributed by atoms with van der Waals surface area (Å²) >= 11 is 0. The minimum absolute atomic E-state index is 0.0281. The van der Waals surface area contributed by atoms with Gasteiger partial charge in [-0.3, -0.25) is 9.69 Å². The Kier molecular flexibility index (Phi) is 5.12. The van der Waals surface area contributed by atoms with Crippen molar-refractivity contribution in [1.29, 1.82) is 0 Å². The number of carbonyl (C=O) groups is 1.